The van der Waals surface area contributed by atoms with Crippen LogP contribution in [0.3, 0.4) is 0 Å². The van der Waals surface area contributed by atoms with Gasteiger partial charge in [-0.1, -0.05) is 37.0 Å². The maximum atomic E-state index is 12.7. The van der Waals surface area contributed by atoms with Gasteiger partial charge in [0.25, 0.3) is 0 Å². The Morgan fingerprint density at radius 1 is 0.711 bits per heavy atom. The van der Waals surface area contributed by atoms with Crippen LogP contribution in [0.1, 0.15) is 26.7 Å². The Bertz CT molecular complexity index is 1150. The number of thioether (sulfide) groups is 2. The number of carbonyl (C=O) groups is 1. The smallest absolute Gasteiger partial charge is 0.153 e. The number of hydrogen-bond donors (Lipinski definition) is 0. The predicted octanol–water partition coefficient (Wildman–Crippen LogP) is 7.08. The molecule has 2 aliphatic heterocycles. The monoisotopic (exact) mass is 590 g/mol. The first-order chi connectivity index (χ1) is 18.5. The molecule has 0 saturated heterocycles. The molecule has 2 aromatic carbocycles. The minimum Gasteiger partial charge on any atom is -0.488 e. The molecule has 0 radical (unpaired) electrons. The van der Waals surface area contributed by atoms with Crippen LogP contribution < -0.4 is 9.47 Å². The number of benzene rings is 2. The fourth-order valence-electron chi connectivity index (χ4n) is 3.86. The van der Waals surface area contributed by atoms with Crippen LogP contribution in [0.25, 0.3) is 0 Å². The summed E-state index contributed by atoms with van der Waals surface area (Å²) in [6, 6.07) is 14.4. The number of hydrogen-bond acceptors (Lipinski definition) is 9. The van der Waals surface area contributed by atoms with Gasteiger partial charge in [-0.05, 0) is 61.4 Å². The molecule has 2 heterocycles. The molecule has 0 aliphatic carbocycles. The van der Waals surface area contributed by atoms with Gasteiger partial charge in [-0.3, -0.25) is 4.79 Å². The van der Waals surface area contributed by atoms with Gasteiger partial charge in [0.05, 0.1) is 34.8 Å². The van der Waals surface area contributed by atoms with Crippen molar-refractivity contribution >= 4 is 74.0 Å². The maximum absolute atomic E-state index is 12.7. The molecule has 2 atom stereocenters. The lowest BCUT2D eigenvalue weighted by molar-refractivity contribution is -0.114. The highest BCUT2D eigenvalue weighted by atomic mass is 35.5. The molecule has 200 valence electrons. The first kappa shape index (κ1) is 28.7. The Morgan fingerprint density at radius 2 is 1.11 bits per heavy atom. The molecule has 38 heavy (non-hydrogen) atoms. The lowest BCUT2D eigenvalue weighted by Gasteiger charge is -2.14. The van der Waals surface area contributed by atoms with E-state index in [2.05, 4.69) is 34.3 Å². The summed E-state index contributed by atoms with van der Waals surface area (Å²) >= 11 is 14.8. The molecule has 0 aromatic heterocycles. The Balaban J connectivity index is 1.18. The second-order valence-corrected chi connectivity index (χ2v) is 11.4. The standard InChI is InChI=1S/C27H28Cl2N4O3S2/c1-3-22-24(13-35-20-9-5-17(28)6-10-20)30-32-26(22)37-15-19(34)16-38-27-23(4-2)25(31-33-27)14-36-21-11-7-18(29)8-12-21/h5-12,22-23H,3-4,13-16H2,1-2H3/t22-,23-/m0/s1. The van der Waals surface area contributed by atoms with E-state index in [1.54, 1.807) is 24.3 Å². The van der Waals surface area contributed by atoms with Crippen LogP contribution in [0.15, 0.2) is 68.9 Å². The number of carbonyl (C=O) groups excluding carboxylic acids is 1. The van der Waals surface area contributed by atoms with Crippen LogP contribution in [0.4, 0.5) is 0 Å². The van der Waals surface area contributed by atoms with Crippen molar-refractivity contribution in [3.05, 3.63) is 58.6 Å². The molecule has 0 N–H and O–H groups in total. The molecule has 0 saturated carbocycles. The summed E-state index contributed by atoms with van der Waals surface area (Å²) in [5.74, 6) is 2.36. The Hall–Kier alpha value is -2.33. The first-order valence-corrected chi connectivity index (χ1v) is 15.0. The van der Waals surface area contributed by atoms with Gasteiger partial charge in [0.15, 0.2) is 5.78 Å². The molecule has 2 aliphatic rings. The average Bonchev–Trinajstić information content (AvgIpc) is 3.52. The minimum absolute atomic E-state index is 0.0630. The summed E-state index contributed by atoms with van der Waals surface area (Å²) in [5.41, 5.74) is 1.73. The van der Waals surface area contributed by atoms with Crippen LogP contribution >= 0.6 is 46.7 Å². The summed E-state index contributed by atoms with van der Waals surface area (Å²) in [7, 11) is 0. The highest BCUT2D eigenvalue weighted by molar-refractivity contribution is 8.15. The normalized spacial score (nSPS) is 18.5. The van der Waals surface area contributed by atoms with Gasteiger partial charge in [-0.2, -0.15) is 10.2 Å². The van der Waals surface area contributed by atoms with E-state index >= 15 is 0 Å². The lowest BCUT2D eigenvalue weighted by Crippen LogP contribution is -2.25. The molecular weight excluding hydrogens is 563 g/mol. The maximum Gasteiger partial charge on any atom is 0.153 e. The van der Waals surface area contributed by atoms with Gasteiger partial charge in [0, 0.05) is 10.0 Å². The zero-order valence-corrected chi connectivity index (χ0v) is 24.2. The van der Waals surface area contributed by atoms with Crippen molar-refractivity contribution in [2.75, 3.05) is 24.7 Å². The van der Waals surface area contributed by atoms with Gasteiger partial charge in [0.1, 0.15) is 34.8 Å². The molecule has 0 unspecified atom stereocenters. The third-order valence-corrected chi connectivity index (χ3v) is 8.69. The Kier molecular flexibility index (Phi) is 10.7. The molecule has 2 aromatic rings. The number of ether oxygens (including phenoxy) is 2. The van der Waals surface area contributed by atoms with E-state index in [4.69, 9.17) is 32.7 Å². The second kappa shape index (κ2) is 14.2. The van der Waals surface area contributed by atoms with Crippen molar-refractivity contribution in [1.29, 1.82) is 0 Å². The summed E-state index contributed by atoms with van der Waals surface area (Å²) < 4.78 is 11.7. The molecule has 7 nitrogen and oxygen atoms in total. The number of rotatable bonds is 12. The first-order valence-electron chi connectivity index (χ1n) is 12.3. The lowest BCUT2D eigenvalue weighted by atomic mass is 10.0. The summed E-state index contributed by atoms with van der Waals surface area (Å²) in [6.45, 7) is 4.86. The highest BCUT2D eigenvalue weighted by Gasteiger charge is 2.29. The van der Waals surface area contributed by atoms with E-state index < -0.39 is 0 Å². The van der Waals surface area contributed by atoms with Crippen LogP contribution in [0, 0.1) is 11.8 Å². The van der Waals surface area contributed by atoms with Crippen LogP contribution in [0.2, 0.25) is 10.0 Å². The van der Waals surface area contributed by atoms with Crippen molar-refractivity contribution in [2.45, 2.75) is 26.7 Å². The van der Waals surface area contributed by atoms with Crippen molar-refractivity contribution in [2.24, 2.45) is 32.2 Å². The van der Waals surface area contributed by atoms with Gasteiger partial charge in [-0.25, -0.2) is 0 Å². The molecule has 0 bridgehead atoms. The Morgan fingerprint density at radius 3 is 1.47 bits per heavy atom. The number of Topliss-reactive ketones (excluding diaryl/α,β-unsaturated/α-hetero) is 1. The predicted molar refractivity (Wildman–Crippen MR) is 161 cm³/mol. The Labute approximate surface area is 241 Å². The van der Waals surface area contributed by atoms with Crippen LogP contribution in [0.5, 0.6) is 11.5 Å². The zero-order chi connectivity index (χ0) is 26.9. The van der Waals surface area contributed by atoms with Gasteiger partial charge >= 0.3 is 0 Å². The second-order valence-electron chi connectivity index (χ2n) is 8.58. The number of nitrogens with zero attached hydrogens (tertiary/aromatic N) is 4. The van der Waals surface area contributed by atoms with Crippen molar-refractivity contribution in [3.8, 4) is 11.5 Å². The third-order valence-electron chi connectivity index (χ3n) is 5.93. The number of halogens is 2. The molecular formula is C27H28Cl2N4O3S2. The molecule has 4 rings (SSSR count). The molecule has 0 amide bonds. The van der Waals surface area contributed by atoms with E-state index in [0.717, 1.165) is 45.9 Å². The topological polar surface area (TPSA) is 85.0 Å². The van der Waals surface area contributed by atoms with E-state index in [1.165, 1.54) is 23.5 Å². The van der Waals surface area contributed by atoms with Crippen LogP contribution in [-0.4, -0.2) is 52.0 Å². The minimum atomic E-state index is 0.0630. The zero-order valence-electron chi connectivity index (χ0n) is 21.1. The van der Waals surface area contributed by atoms with E-state index in [9.17, 15) is 4.79 Å². The largest absolute Gasteiger partial charge is 0.488 e. The fourth-order valence-corrected chi connectivity index (χ4v) is 6.26. The van der Waals surface area contributed by atoms with Crippen molar-refractivity contribution < 1.29 is 14.3 Å². The molecule has 11 heteroatoms. The van der Waals surface area contributed by atoms with Gasteiger partial charge in [0.2, 0.25) is 0 Å². The SMILES string of the molecule is CC[C@H]1C(COc2ccc(Cl)cc2)=NN=C1SCC(=O)CSC1=NN=C(COc2ccc(Cl)cc2)[C@@H]1CC. The van der Waals surface area contributed by atoms with Crippen LogP contribution in [-0.2, 0) is 4.79 Å². The molecule has 0 spiro atoms. The number of ketones is 1. The molecule has 0 fully saturated rings. The quantitative estimate of drug-likeness (QED) is 0.264. The summed E-state index contributed by atoms with van der Waals surface area (Å²) in [6.07, 6.45) is 1.68. The van der Waals surface area contributed by atoms with E-state index in [1.807, 2.05) is 24.3 Å². The van der Waals surface area contributed by atoms with Gasteiger partial charge < -0.3 is 9.47 Å². The average molecular weight is 592 g/mol. The van der Waals surface area contributed by atoms with Gasteiger partial charge in [-0.15, -0.1) is 33.7 Å². The van der Waals surface area contributed by atoms with E-state index in [-0.39, 0.29) is 17.6 Å². The third kappa shape index (κ3) is 7.85. The summed E-state index contributed by atoms with van der Waals surface area (Å²) in [4.78, 5) is 12.7. The highest BCUT2D eigenvalue weighted by Crippen LogP contribution is 2.27. The fraction of sp³-hybridized carbons (Fsp3) is 0.370. The van der Waals surface area contributed by atoms with Crippen molar-refractivity contribution in [1.82, 2.24) is 0 Å². The van der Waals surface area contributed by atoms with Crippen molar-refractivity contribution in [3.63, 3.8) is 0 Å². The summed E-state index contributed by atoms with van der Waals surface area (Å²) in [5, 5.41) is 20.4. The van der Waals surface area contributed by atoms with E-state index in [0.29, 0.717) is 34.8 Å².